The maximum absolute atomic E-state index is 13.4. The minimum absolute atomic E-state index is 0.111. The third-order valence-corrected chi connectivity index (χ3v) is 4.79. The van der Waals surface area contributed by atoms with Crippen LogP contribution in [-0.4, -0.2) is 41.9 Å². The van der Waals surface area contributed by atoms with Gasteiger partial charge in [-0.15, -0.1) is 0 Å². The van der Waals surface area contributed by atoms with Crippen LogP contribution in [0.2, 0.25) is 0 Å². The molecule has 140 valence electrons. The van der Waals surface area contributed by atoms with Crippen molar-refractivity contribution in [1.29, 1.82) is 0 Å². The van der Waals surface area contributed by atoms with Crippen molar-refractivity contribution in [3.05, 3.63) is 46.7 Å². The van der Waals surface area contributed by atoms with E-state index in [4.69, 9.17) is 0 Å². The Morgan fingerprint density at radius 1 is 1.23 bits per heavy atom. The van der Waals surface area contributed by atoms with E-state index < -0.39 is 23.8 Å². The number of nitrogens with one attached hydrogen (secondary N) is 1. The molecule has 1 aromatic carbocycles. The van der Waals surface area contributed by atoms with Gasteiger partial charge in [0.05, 0.1) is 29.4 Å². The zero-order valence-electron chi connectivity index (χ0n) is 14.6. The van der Waals surface area contributed by atoms with Crippen molar-refractivity contribution in [2.24, 2.45) is 0 Å². The quantitative estimate of drug-likeness (QED) is 0.888. The van der Waals surface area contributed by atoms with E-state index in [1.165, 1.54) is 30.1 Å². The van der Waals surface area contributed by atoms with Crippen molar-refractivity contribution < 1.29 is 22.8 Å². The number of nitrogens with zero attached hydrogens (tertiary/aromatic N) is 2. The predicted molar refractivity (Wildman–Crippen MR) is 89.0 cm³/mol. The van der Waals surface area contributed by atoms with Gasteiger partial charge in [0.15, 0.2) is 0 Å². The van der Waals surface area contributed by atoms with Gasteiger partial charge in [-0.3, -0.25) is 9.69 Å². The van der Waals surface area contributed by atoms with E-state index in [-0.39, 0.29) is 23.6 Å². The minimum Gasteiger partial charge on any atom is -0.333 e. The first-order chi connectivity index (χ1) is 12.3. The van der Waals surface area contributed by atoms with Crippen LogP contribution in [0.3, 0.4) is 0 Å². The summed E-state index contributed by atoms with van der Waals surface area (Å²) in [6.45, 7) is 2.74. The molecule has 0 aliphatic carbocycles. The number of carbonyl (C=O) groups is 2. The maximum atomic E-state index is 13.4. The lowest BCUT2D eigenvalue weighted by atomic mass is 9.92. The number of rotatable bonds is 4. The molecule has 0 fully saturated rings. The Bertz CT molecular complexity index is 773. The number of amides is 3. The van der Waals surface area contributed by atoms with Gasteiger partial charge in [-0.25, -0.2) is 4.79 Å². The normalized spacial score (nSPS) is 20.6. The van der Waals surface area contributed by atoms with Gasteiger partial charge >= 0.3 is 12.2 Å². The fourth-order valence-corrected chi connectivity index (χ4v) is 3.39. The number of unbranched alkanes of at least 4 members (excludes halogenated alkanes) is 1. The molecule has 0 saturated carbocycles. The summed E-state index contributed by atoms with van der Waals surface area (Å²) in [7, 11) is 1.52. The van der Waals surface area contributed by atoms with E-state index >= 15 is 0 Å². The van der Waals surface area contributed by atoms with Crippen LogP contribution >= 0.6 is 0 Å². The zero-order valence-corrected chi connectivity index (χ0v) is 14.6. The number of hydrogen-bond acceptors (Lipinski definition) is 2. The Morgan fingerprint density at radius 2 is 1.92 bits per heavy atom. The van der Waals surface area contributed by atoms with E-state index in [1.54, 1.807) is 4.90 Å². The second-order valence-corrected chi connectivity index (χ2v) is 6.47. The smallest absolute Gasteiger partial charge is 0.333 e. The van der Waals surface area contributed by atoms with Crippen molar-refractivity contribution in [1.82, 2.24) is 15.1 Å². The molecule has 0 aromatic heterocycles. The second-order valence-electron chi connectivity index (χ2n) is 6.47. The molecular formula is C18H20F3N3O2. The summed E-state index contributed by atoms with van der Waals surface area (Å²) in [5, 5.41) is 2.56. The highest BCUT2D eigenvalue weighted by Crippen LogP contribution is 2.41. The van der Waals surface area contributed by atoms with E-state index in [0.717, 1.165) is 18.9 Å². The Balaban J connectivity index is 2.06. The molecule has 2 heterocycles. The van der Waals surface area contributed by atoms with Crippen molar-refractivity contribution in [2.45, 2.75) is 32.0 Å². The fourth-order valence-electron chi connectivity index (χ4n) is 3.39. The summed E-state index contributed by atoms with van der Waals surface area (Å²) < 4.78 is 40.3. The van der Waals surface area contributed by atoms with Crippen LogP contribution in [0, 0.1) is 0 Å². The average molecular weight is 367 g/mol. The first kappa shape index (κ1) is 18.3. The Hall–Kier alpha value is -2.51. The number of carbonyl (C=O) groups excluding carboxylic acids is 2. The first-order valence-electron chi connectivity index (χ1n) is 8.48. The van der Waals surface area contributed by atoms with Gasteiger partial charge in [0, 0.05) is 13.6 Å². The molecular weight excluding hydrogens is 347 g/mol. The number of hydrogen-bond donors (Lipinski definition) is 1. The molecule has 2 aliphatic heterocycles. The van der Waals surface area contributed by atoms with Crippen LogP contribution in [0.1, 0.15) is 36.9 Å². The third kappa shape index (κ3) is 3.04. The van der Waals surface area contributed by atoms with Gasteiger partial charge in [-0.1, -0.05) is 31.5 Å². The molecule has 5 nitrogen and oxygen atoms in total. The van der Waals surface area contributed by atoms with Crippen molar-refractivity contribution in [2.75, 3.05) is 20.1 Å². The number of benzene rings is 1. The lowest BCUT2D eigenvalue weighted by Gasteiger charge is -2.32. The number of likely N-dealkylation sites (N-methyl/N-ethyl adjacent to an activating group) is 1. The van der Waals surface area contributed by atoms with Crippen LogP contribution in [0.5, 0.6) is 0 Å². The highest BCUT2D eigenvalue weighted by molar-refractivity contribution is 6.01. The molecule has 26 heavy (non-hydrogen) atoms. The molecule has 3 rings (SSSR count). The second kappa shape index (κ2) is 6.66. The molecule has 3 amide bonds. The number of halogens is 3. The standard InChI is InChI=1S/C18H20F3N3O2/c1-3-4-9-24-10-13-14(16(24)25)15(22-17(26)23(13)2)11-7-5-6-8-12(11)18(19,20)21/h5-8,15H,3-4,9-10H2,1-2H3,(H,22,26)/t15-/m0/s1. The average Bonchev–Trinajstić information content (AvgIpc) is 2.92. The summed E-state index contributed by atoms with van der Waals surface area (Å²) in [4.78, 5) is 28.0. The van der Waals surface area contributed by atoms with Crippen LogP contribution in [0.4, 0.5) is 18.0 Å². The van der Waals surface area contributed by atoms with Gasteiger partial charge < -0.3 is 10.2 Å². The predicted octanol–water partition coefficient (Wildman–Crippen LogP) is 3.30. The first-order valence-corrected chi connectivity index (χ1v) is 8.48. The molecule has 2 aliphatic rings. The molecule has 1 N–H and O–H groups in total. The molecule has 1 aromatic rings. The number of urea groups is 1. The molecule has 1 atom stereocenters. The SMILES string of the molecule is CCCCN1CC2=C(C1=O)[C@H](c1ccccc1C(F)(F)F)NC(=O)N2C. The topological polar surface area (TPSA) is 52.7 Å². The monoisotopic (exact) mass is 367 g/mol. The molecule has 0 bridgehead atoms. The zero-order chi connectivity index (χ0) is 19.1. The summed E-state index contributed by atoms with van der Waals surface area (Å²) >= 11 is 0. The van der Waals surface area contributed by atoms with E-state index in [1.807, 2.05) is 6.92 Å². The Morgan fingerprint density at radius 3 is 2.58 bits per heavy atom. The van der Waals surface area contributed by atoms with Crippen LogP contribution < -0.4 is 5.32 Å². The van der Waals surface area contributed by atoms with E-state index in [2.05, 4.69) is 5.32 Å². The van der Waals surface area contributed by atoms with Crippen molar-refractivity contribution >= 4 is 11.9 Å². The van der Waals surface area contributed by atoms with Gasteiger partial charge in [-0.2, -0.15) is 13.2 Å². The summed E-state index contributed by atoms with van der Waals surface area (Å²) in [6.07, 6.45) is -2.89. The van der Waals surface area contributed by atoms with Crippen LogP contribution in [0.25, 0.3) is 0 Å². The van der Waals surface area contributed by atoms with Crippen molar-refractivity contribution in [3.8, 4) is 0 Å². The maximum Gasteiger partial charge on any atom is 0.416 e. The Kier molecular flexibility index (Phi) is 4.68. The fraction of sp³-hybridized carbons (Fsp3) is 0.444. The largest absolute Gasteiger partial charge is 0.416 e. The van der Waals surface area contributed by atoms with E-state index in [0.29, 0.717) is 12.2 Å². The molecule has 0 saturated heterocycles. The minimum atomic E-state index is -4.57. The summed E-state index contributed by atoms with van der Waals surface area (Å²) in [5.74, 6) is -0.317. The highest BCUT2D eigenvalue weighted by Gasteiger charge is 2.45. The van der Waals surface area contributed by atoms with E-state index in [9.17, 15) is 22.8 Å². The lowest BCUT2D eigenvalue weighted by Crippen LogP contribution is -2.45. The number of alkyl halides is 3. The highest BCUT2D eigenvalue weighted by atomic mass is 19.4. The van der Waals surface area contributed by atoms with Gasteiger partial charge in [0.25, 0.3) is 5.91 Å². The van der Waals surface area contributed by atoms with Crippen molar-refractivity contribution in [3.63, 3.8) is 0 Å². The summed E-state index contributed by atoms with van der Waals surface area (Å²) in [5.41, 5.74) is -0.266. The third-order valence-electron chi connectivity index (χ3n) is 4.79. The summed E-state index contributed by atoms with van der Waals surface area (Å²) in [6, 6.07) is 3.42. The van der Waals surface area contributed by atoms with Crippen LogP contribution in [-0.2, 0) is 11.0 Å². The molecule has 0 spiro atoms. The lowest BCUT2D eigenvalue weighted by molar-refractivity contribution is -0.138. The van der Waals surface area contributed by atoms with Crippen LogP contribution in [0.15, 0.2) is 35.5 Å². The van der Waals surface area contributed by atoms with Gasteiger partial charge in [0.1, 0.15) is 0 Å². The molecule has 0 radical (unpaired) electrons. The molecule has 8 heteroatoms. The van der Waals surface area contributed by atoms with Gasteiger partial charge in [0.2, 0.25) is 0 Å². The molecule has 0 unspecified atom stereocenters. The Labute approximate surface area is 149 Å². The van der Waals surface area contributed by atoms with Gasteiger partial charge in [-0.05, 0) is 18.1 Å².